The van der Waals surface area contributed by atoms with Gasteiger partial charge in [0, 0.05) is 6.08 Å². The van der Waals surface area contributed by atoms with Crippen molar-refractivity contribution in [3.8, 4) is 0 Å². The largest absolute Gasteiger partial charge is 0.478 e. The first kappa shape index (κ1) is 15.9. The van der Waals surface area contributed by atoms with Gasteiger partial charge in [-0.1, -0.05) is 19.9 Å². The third-order valence-electron chi connectivity index (χ3n) is 4.26. The molecule has 0 aliphatic heterocycles. The van der Waals surface area contributed by atoms with Crippen molar-refractivity contribution in [3.05, 3.63) is 23.8 Å². The standard InChI is InChI=1S/C15H24O4/c1-11(10-12(16)17)6-9-15(19)13(2,3)7-5-8-14(15,4)18/h6,9-10,18-19H,5,7-8H2,1-4H3,(H,16,17)/b9-6+,11-10+/t14-,15+/m1/s1. The Hall–Kier alpha value is -1.13. The average molecular weight is 268 g/mol. The van der Waals surface area contributed by atoms with Crippen LogP contribution < -0.4 is 0 Å². The van der Waals surface area contributed by atoms with Crippen LogP contribution in [0.2, 0.25) is 0 Å². The molecule has 0 amide bonds. The fourth-order valence-corrected chi connectivity index (χ4v) is 2.88. The van der Waals surface area contributed by atoms with Gasteiger partial charge in [0.05, 0.1) is 5.60 Å². The van der Waals surface area contributed by atoms with Gasteiger partial charge in [-0.3, -0.25) is 0 Å². The predicted octanol–water partition coefficient (Wildman–Crippen LogP) is 2.27. The molecule has 0 heterocycles. The number of aliphatic carboxylic acids is 1. The van der Waals surface area contributed by atoms with Crippen LogP contribution in [0.3, 0.4) is 0 Å². The van der Waals surface area contributed by atoms with Crippen molar-refractivity contribution in [2.45, 2.75) is 58.2 Å². The van der Waals surface area contributed by atoms with E-state index in [1.54, 1.807) is 26.0 Å². The molecule has 1 saturated carbocycles. The van der Waals surface area contributed by atoms with Gasteiger partial charge in [0.1, 0.15) is 5.60 Å². The van der Waals surface area contributed by atoms with Crippen LogP contribution in [0, 0.1) is 5.41 Å². The molecule has 0 aromatic rings. The molecule has 108 valence electrons. The molecule has 0 bridgehead atoms. The number of allylic oxidation sites excluding steroid dienone is 2. The van der Waals surface area contributed by atoms with Crippen LogP contribution in [0.4, 0.5) is 0 Å². The molecule has 2 atom stereocenters. The third-order valence-corrected chi connectivity index (χ3v) is 4.26. The van der Waals surface area contributed by atoms with Crippen LogP contribution in [-0.2, 0) is 4.79 Å². The molecule has 1 aliphatic rings. The maximum atomic E-state index is 10.9. The molecular weight excluding hydrogens is 244 g/mol. The zero-order valence-electron chi connectivity index (χ0n) is 12.1. The van der Waals surface area contributed by atoms with E-state index in [2.05, 4.69) is 0 Å². The molecule has 0 aromatic carbocycles. The molecule has 1 rings (SSSR count). The van der Waals surface area contributed by atoms with Gasteiger partial charge in [0.15, 0.2) is 0 Å². The van der Waals surface area contributed by atoms with Crippen molar-refractivity contribution in [2.24, 2.45) is 5.41 Å². The molecule has 0 radical (unpaired) electrons. The number of aliphatic hydroxyl groups is 2. The fourth-order valence-electron chi connectivity index (χ4n) is 2.88. The second-order valence-electron chi connectivity index (χ2n) is 6.34. The van der Waals surface area contributed by atoms with Gasteiger partial charge >= 0.3 is 5.97 Å². The Kier molecular flexibility index (Phi) is 4.27. The van der Waals surface area contributed by atoms with E-state index < -0.39 is 22.6 Å². The van der Waals surface area contributed by atoms with Crippen molar-refractivity contribution in [2.75, 3.05) is 0 Å². The zero-order chi connectivity index (χ0) is 14.9. The Morgan fingerprint density at radius 2 is 1.74 bits per heavy atom. The van der Waals surface area contributed by atoms with E-state index in [-0.39, 0.29) is 0 Å². The Labute approximate surface area is 114 Å². The summed E-state index contributed by atoms with van der Waals surface area (Å²) in [4.78, 5) is 10.6. The SMILES string of the molecule is CC(/C=C/[C@]1(O)C(C)(C)CCC[C@@]1(C)O)=C\C(=O)O. The Bertz CT molecular complexity index is 400. The summed E-state index contributed by atoms with van der Waals surface area (Å²) in [5, 5.41) is 30.1. The molecule has 3 N–H and O–H groups in total. The number of hydrogen-bond acceptors (Lipinski definition) is 3. The summed E-state index contributed by atoms with van der Waals surface area (Å²) in [5.74, 6) is -1.02. The Morgan fingerprint density at radius 1 is 1.16 bits per heavy atom. The third kappa shape index (κ3) is 3.07. The molecule has 19 heavy (non-hydrogen) atoms. The van der Waals surface area contributed by atoms with Crippen LogP contribution in [-0.4, -0.2) is 32.5 Å². The quantitative estimate of drug-likeness (QED) is 0.542. The first-order valence-corrected chi connectivity index (χ1v) is 6.57. The Balaban J connectivity index is 3.11. The van der Waals surface area contributed by atoms with E-state index in [9.17, 15) is 15.0 Å². The molecule has 4 nitrogen and oxygen atoms in total. The van der Waals surface area contributed by atoms with Crippen molar-refractivity contribution in [3.63, 3.8) is 0 Å². The normalized spacial score (nSPS) is 35.6. The summed E-state index contributed by atoms with van der Waals surface area (Å²) in [6.07, 6.45) is 6.38. The predicted molar refractivity (Wildman–Crippen MR) is 73.7 cm³/mol. The smallest absolute Gasteiger partial charge is 0.328 e. The van der Waals surface area contributed by atoms with Crippen LogP contribution in [0.5, 0.6) is 0 Å². The van der Waals surface area contributed by atoms with Crippen molar-refractivity contribution < 1.29 is 20.1 Å². The van der Waals surface area contributed by atoms with E-state index in [1.807, 2.05) is 13.8 Å². The minimum absolute atomic E-state index is 0.464. The summed E-state index contributed by atoms with van der Waals surface area (Å²) in [6, 6.07) is 0. The lowest BCUT2D eigenvalue weighted by molar-refractivity contribution is -0.194. The average Bonchev–Trinajstić information content (AvgIpc) is 2.22. The Morgan fingerprint density at radius 3 is 2.21 bits per heavy atom. The number of carbonyl (C=O) groups is 1. The molecule has 0 unspecified atom stereocenters. The zero-order valence-corrected chi connectivity index (χ0v) is 12.1. The van der Waals surface area contributed by atoms with E-state index in [0.29, 0.717) is 12.0 Å². The summed E-state index contributed by atoms with van der Waals surface area (Å²) >= 11 is 0. The highest BCUT2D eigenvalue weighted by atomic mass is 16.4. The molecular formula is C15H24O4. The summed E-state index contributed by atoms with van der Waals surface area (Å²) < 4.78 is 0. The fraction of sp³-hybridized carbons (Fsp3) is 0.667. The van der Waals surface area contributed by atoms with Gasteiger partial charge in [-0.05, 0) is 50.2 Å². The van der Waals surface area contributed by atoms with Crippen LogP contribution in [0.1, 0.15) is 47.0 Å². The van der Waals surface area contributed by atoms with E-state index >= 15 is 0 Å². The highest BCUT2D eigenvalue weighted by molar-refractivity contribution is 5.81. The number of carboxylic acids is 1. The first-order chi connectivity index (χ1) is 8.52. The highest BCUT2D eigenvalue weighted by Crippen LogP contribution is 2.50. The molecule has 0 saturated heterocycles. The van der Waals surface area contributed by atoms with Crippen LogP contribution >= 0.6 is 0 Å². The van der Waals surface area contributed by atoms with Gasteiger partial charge in [0.2, 0.25) is 0 Å². The maximum Gasteiger partial charge on any atom is 0.328 e. The van der Waals surface area contributed by atoms with Crippen molar-refractivity contribution in [1.29, 1.82) is 0 Å². The number of rotatable bonds is 3. The van der Waals surface area contributed by atoms with E-state index in [0.717, 1.165) is 18.9 Å². The van der Waals surface area contributed by atoms with Gasteiger partial charge in [-0.2, -0.15) is 0 Å². The van der Waals surface area contributed by atoms with Crippen LogP contribution in [0.15, 0.2) is 23.8 Å². The minimum Gasteiger partial charge on any atom is -0.478 e. The van der Waals surface area contributed by atoms with E-state index in [4.69, 9.17) is 5.11 Å². The summed E-state index contributed by atoms with van der Waals surface area (Å²) in [7, 11) is 0. The van der Waals surface area contributed by atoms with Crippen molar-refractivity contribution >= 4 is 5.97 Å². The molecule has 0 spiro atoms. The minimum atomic E-state index is -1.37. The lowest BCUT2D eigenvalue weighted by atomic mass is 9.58. The monoisotopic (exact) mass is 268 g/mol. The van der Waals surface area contributed by atoms with E-state index in [1.165, 1.54) is 0 Å². The second-order valence-corrected chi connectivity index (χ2v) is 6.34. The van der Waals surface area contributed by atoms with Crippen molar-refractivity contribution in [1.82, 2.24) is 0 Å². The lowest BCUT2D eigenvalue weighted by Gasteiger charge is -2.53. The topological polar surface area (TPSA) is 77.8 Å². The van der Waals surface area contributed by atoms with Gasteiger partial charge in [-0.15, -0.1) is 0 Å². The lowest BCUT2D eigenvalue weighted by Crippen LogP contribution is -2.62. The summed E-state index contributed by atoms with van der Waals surface area (Å²) in [5.41, 5.74) is -2.52. The summed E-state index contributed by atoms with van der Waals surface area (Å²) in [6.45, 7) is 7.12. The molecule has 4 heteroatoms. The van der Waals surface area contributed by atoms with Gasteiger partial charge in [0.25, 0.3) is 0 Å². The highest BCUT2D eigenvalue weighted by Gasteiger charge is 2.56. The number of hydrogen-bond donors (Lipinski definition) is 3. The van der Waals surface area contributed by atoms with Gasteiger partial charge in [-0.25, -0.2) is 4.79 Å². The first-order valence-electron chi connectivity index (χ1n) is 6.57. The molecule has 0 aromatic heterocycles. The molecule has 1 aliphatic carbocycles. The van der Waals surface area contributed by atoms with Gasteiger partial charge < -0.3 is 15.3 Å². The number of carboxylic acid groups (broad SMARTS) is 1. The molecule has 1 fully saturated rings. The second kappa shape index (κ2) is 5.10. The van der Waals surface area contributed by atoms with Crippen LogP contribution in [0.25, 0.3) is 0 Å². The maximum absolute atomic E-state index is 10.9.